The number of rotatable bonds is 0. The Morgan fingerprint density at radius 1 is 0.640 bits per heavy atom. The molecular weight excluding hydrogens is 326 g/mol. The molecule has 138 valence electrons. The van der Waals surface area contributed by atoms with E-state index in [1.165, 1.54) is 0 Å². The van der Waals surface area contributed by atoms with Crippen molar-refractivity contribution in [1.29, 1.82) is 0 Å². The van der Waals surface area contributed by atoms with E-state index in [1.807, 2.05) is 12.1 Å². The van der Waals surface area contributed by atoms with Crippen LogP contribution in [0, 0.1) is 12.0 Å². The fraction of sp³-hybridized carbons (Fsp3) is 0.556. The van der Waals surface area contributed by atoms with Crippen molar-refractivity contribution in [2.24, 2.45) is 5.73 Å². The molecule has 7 heteroatoms. The lowest BCUT2D eigenvalue weighted by Crippen LogP contribution is -2.16. The molecule has 0 aromatic heterocycles. The summed E-state index contributed by atoms with van der Waals surface area (Å²) in [5.74, 6) is 4.03. The maximum atomic E-state index is 5.76. The van der Waals surface area contributed by atoms with Gasteiger partial charge < -0.3 is 34.2 Å². The van der Waals surface area contributed by atoms with Crippen LogP contribution in [0.2, 0.25) is 0 Å². The van der Waals surface area contributed by atoms with E-state index in [4.69, 9.17) is 34.2 Å². The Kier molecular flexibility index (Phi) is 9.59. The highest BCUT2D eigenvalue weighted by Crippen LogP contribution is 2.28. The summed E-state index contributed by atoms with van der Waals surface area (Å²) >= 11 is 0. The summed E-state index contributed by atoms with van der Waals surface area (Å²) in [5.41, 5.74) is 6.03. The average Bonchev–Trinajstić information content (AvgIpc) is 2.62. The van der Waals surface area contributed by atoms with Crippen molar-refractivity contribution < 1.29 is 28.4 Å². The number of ether oxygens (including phenoxy) is 6. The van der Waals surface area contributed by atoms with E-state index >= 15 is 0 Å². The van der Waals surface area contributed by atoms with E-state index in [9.17, 15) is 0 Å². The predicted molar refractivity (Wildman–Crippen MR) is 91.8 cm³/mol. The lowest BCUT2D eigenvalue weighted by atomic mass is 10.2. The maximum absolute atomic E-state index is 5.76. The second-order valence-electron chi connectivity index (χ2n) is 5.08. The van der Waals surface area contributed by atoms with E-state index in [2.05, 4.69) is 12.0 Å². The van der Waals surface area contributed by atoms with E-state index < -0.39 is 0 Å². The van der Waals surface area contributed by atoms with Crippen LogP contribution in [0.5, 0.6) is 11.5 Å². The quantitative estimate of drug-likeness (QED) is 0.547. The molecule has 1 aromatic carbocycles. The molecule has 0 fully saturated rings. The zero-order valence-electron chi connectivity index (χ0n) is 14.3. The summed E-state index contributed by atoms with van der Waals surface area (Å²) in [7, 11) is 0. The first-order valence-electron chi connectivity index (χ1n) is 8.32. The molecule has 0 aliphatic carbocycles. The van der Waals surface area contributed by atoms with Gasteiger partial charge in [0, 0.05) is 11.6 Å². The van der Waals surface area contributed by atoms with Crippen LogP contribution >= 0.6 is 0 Å². The molecule has 1 aliphatic rings. The summed E-state index contributed by atoms with van der Waals surface area (Å²) in [6, 6.07) is 7.82. The van der Waals surface area contributed by atoms with Gasteiger partial charge in [0.1, 0.15) is 13.2 Å². The zero-order chi connectivity index (χ0) is 17.6. The standard InChI is InChI=1S/C18H25NO6/c19-4-3-16-1-2-17-18(15-16)25-14-12-23-10-8-21-6-5-20-7-9-22-11-13-24-17/h1-2,15H,5-14,19H2. The summed E-state index contributed by atoms with van der Waals surface area (Å²) in [6.07, 6.45) is 0. The fourth-order valence-electron chi connectivity index (χ4n) is 2.08. The molecule has 0 atom stereocenters. The lowest BCUT2D eigenvalue weighted by molar-refractivity contribution is -0.00841. The van der Waals surface area contributed by atoms with Gasteiger partial charge in [-0.1, -0.05) is 0 Å². The van der Waals surface area contributed by atoms with E-state index in [-0.39, 0.29) is 0 Å². The summed E-state index contributed by atoms with van der Waals surface area (Å²) in [6.45, 7) is 4.90. The number of fused-ring (bicyclic) bond motifs is 1. The second kappa shape index (κ2) is 12.4. The predicted octanol–water partition coefficient (Wildman–Crippen LogP) is 0.792. The Balaban J connectivity index is 1.93. The third kappa shape index (κ3) is 8.09. The molecule has 0 radical (unpaired) electrons. The van der Waals surface area contributed by atoms with Crippen molar-refractivity contribution in [3.8, 4) is 23.5 Å². The van der Waals surface area contributed by atoms with E-state index in [1.54, 1.807) is 6.07 Å². The average molecular weight is 351 g/mol. The Bertz CT molecular complexity index is 554. The maximum Gasteiger partial charge on any atom is 0.162 e. The highest BCUT2D eigenvalue weighted by molar-refractivity contribution is 5.48. The van der Waals surface area contributed by atoms with Crippen molar-refractivity contribution in [2.75, 3.05) is 66.1 Å². The van der Waals surface area contributed by atoms with E-state index in [0.29, 0.717) is 77.6 Å². The Morgan fingerprint density at radius 2 is 1.12 bits per heavy atom. The number of nitrogens with two attached hydrogens (primary N) is 1. The molecule has 1 heterocycles. The van der Waals surface area contributed by atoms with Crippen molar-refractivity contribution in [2.45, 2.75) is 0 Å². The van der Waals surface area contributed by atoms with Gasteiger partial charge in [-0.25, -0.2) is 0 Å². The van der Waals surface area contributed by atoms with Gasteiger partial charge in [-0.3, -0.25) is 0 Å². The minimum absolute atomic E-state index is 0.398. The third-order valence-electron chi connectivity index (χ3n) is 3.25. The van der Waals surface area contributed by atoms with Crippen LogP contribution in [0.1, 0.15) is 5.56 Å². The van der Waals surface area contributed by atoms with Crippen molar-refractivity contribution in [1.82, 2.24) is 0 Å². The second-order valence-corrected chi connectivity index (χ2v) is 5.08. The van der Waals surface area contributed by atoms with Gasteiger partial charge in [-0.05, 0) is 24.1 Å². The van der Waals surface area contributed by atoms with Gasteiger partial charge in [0.25, 0.3) is 0 Å². The molecule has 7 nitrogen and oxygen atoms in total. The van der Waals surface area contributed by atoms with Crippen LogP contribution in [-0.2, 0) is 18.9 Å². The molecule has 0 bridgehead atoms. The van der Waals surface area contributed by atoms with Gasteiger partial charge >= 0.3 is 0 Å². The summed E-state index contributed by atoms with van der Waals surface area (Å²) in [5, 5.41) is 0. The molecule has 0 unspecified atom stereocenters. The monoisotopic (exact) mass is 351 g/mol. The molecule has 0 saturated carbocycles. The van der Waals surface area contributed by atoms with Crippen LogP contribution in [0.25, 0.3) is 0 Å². The molecule has 25 heavy (non-hydrogen) atoms. The number of benzene rings is 1. The van der Waals surface area contributed by atoms with Gasteiger partial charge in [0.15, 0.2) is 11.5 Å². The van der Waals surface area contributed by atoms with Gasteiger partial charge in [-0.2, -0.15) is 0 Å². The first kappa shape index (κ1) is 19.3. The largest absolute Gasteiger partial charge is 0.487 e. The summed E-state index contributed by atoms with van der Waals surface area (Å²) in [4.78, 5) is 0. The summed E-state index contributed by atoms with van der Waals surface area (Å²) < 4.78 is 33.2. The number of hydrogen-bond donors (Lipinski definition) is 1. The lowest BCUT2D eigenvalue weighted by Gasteiger charge is -2.14. The van der Waals surface area contributed by atoms with Gasteiger partial charge in [0.2, 0.25) is 0 Å². The normalized spacial score (nSPS) is 18.2. The first-order valence-corrected chi connectivity index (χ1v) is 8.32. The minimum Gasteiger partial charge on any atom is -0.487 e. The Hall–Kier alpha value is -1.98. The molecule has 1 aromatic rings. The molecule has 0 amide bonds. The number of hydrogen-bond acceptors (Lipinski definition) is 7. The smallest absolute Gasteiger partial charge is 0.162 e. The molecule has 1 aliphatic heterocycles. The van der Waals surface area contributed by atoms with Crippen LogP contribution in [0.4, 0.5) is 0 Å². The molecule has 2 N–H and O–H groups in total. The van der Waals surface area contributed by atoms with Crippen molar-refractivity contribution in [3.05, 3.63) is 23.8 Å². The van der Waals surface area contributed by atoms with Crippen molar-refractivity contribution >= 4 is 0 Å². The van der Waals surface area contributed by atoms with Crippen LogP contribution in [-0.4, -0.2) is 66.1 Å². The molecular formula is C18H25NO6. The highest BCUT2D eigenvalue weighted by Gasteiger charge is 2.07. The molecule has 2 rings (SSSR count). The fourth-order valence-corrected chi connectivity index (χ4v) is 2.08. The zero-order valence-corrected chi connectivity index (χ0v) is 14.3. The topological polar surface area (TPSA) is 81.4 Å². The van der Waals surface area contributed by atoms with Gasteiger partial charge in [0.05, 0.1) is 52.9 Å². The van der Waals surface area contributed by atoms with Crippen LogP contribution < -0.4 is 15.2 Å². The Labute approximate surface area is 148 Å². The van der Waals surface area contributed by atoms with Crippen LogP contribution in [0.3, 0.4) is 0 Å². The first-order chi connectivity index (χ1) is 12.4. The molecule has 0 saturated heterocycles. The van der Waals surface area contributed by atoms with Crippen molar-refractivity contribution in [3.63, 3.8) is 0 Å². The van der Waals surface area contributed by atoms with E-state index in [0.717, 1.165) is 5.56 Å². The molecule has 0 spiro atoms. The van der Waals surface area contributed by atoms with Crippen LogP contribution in [0.15, 0.2) is 18.2 Å². The van der Waals surface area contributed by atoms with Gasteiger partial charge in [-0.15, -0.1) is 0 Å². The SMILES string of the molecule is NC#Cc1ccc2c(c1)OCCOCCOCCOCCOCCO2. The Morgan fingerprint density at radius 3 is 1.64 bits per heavy atom. The highest BCUT2D eigenvalue weighted by atomic mass is 16.6. The third-order valence-corrected chi connectivity index (χ3v) is 3.25. The minimum atomic E-state index is 0.398.